The summed E-state index contributed by atoms with van der Waals surface area (Å²) in [4.78, 5) is 0. The minimum Gasteiger partial charge on any atom is -0.371 e. The van der Waals surface area contributed by atoms with Crippen molar-refractivity contribution in [3.05, 3.63) is 59.6 Å². The Kier molecular flexibility index (Phi) is 4.86. The van der Waals surface area contributed by atoms with Crippen LogP contribution in [0, 0.1) is 18.7 Å². The molecule has 1 fully saturated rings. The maximum atomic E-state index is 15.7. The first kappa shape index (κ1) is 23.1. The SMILES string of the molecule is Cc1nnc2n1-c1c(cc(F)c(-c3cccc4c3ccn4S(=O)(=O)CC3CC3)c1C(F)F)NC2(C)C. The molecule has 1 aliphatic carbocycles. The summed E-state index contributed by atoms with van der Waals surface area (Å²) in [6.45, 7) is 5.29. The van der Waals surface area contributed by atoms with E-state index in [2.05, 4.69) is 15.5 Å². The second-order valence-electron chi connectivity index (χ2n) is 10.1. The van der Waals surface area contributed by atoms with Crippen molar-refractivity contribution in [2.75, 3.05) is 11.1 Å². The van der Waals surface area contributed by atoms with Crippen molar-refractivity contribution in [3.63, 3.8) is 0 Å². The van der Waals surface area contributed by atoms with Crippen LogP contribution >= 0.6 is 0 Å². The van der Waals surface area contributed by atoms with Crippen LogP contribution < -0.4 is 5.32 Å². The minimum atomic E-state index is -3.64. The molecular formula is C25H24F3N5O2S. The number of alkyl halides is 2. The smallest absolute Gasteiger partial charge is 0.266 e. The third-order valence-electron chi connectivity index (χ3n) is 6.97. The average molecular weight is 516 g/mol. The van der Waals surface area contributed by atoms with Crippen LogP contribution in [0.25, 0.3) is 27.7 Å². The molecule has 0 saturated heterocycles. The Bertz CT molecular complexity index is 1650. The lowest BCUT2D eigenvalue weighted by Crippen LogP contribution is -2.36. The van der Waals surface area contributed by atoms with E-state index < -0.39 is 33.4 Å². The summed E-state index contributed by atoms with van der Waals surface area (Å²) in [5.74, 6) is 0.159. The monoisotopic (exact) mass is 515 g/mol. The van der Waals surface area contributed by atoms with Crippen molar-refractivity contribution >= 4 is 26.6 Å². The quantitative estimate of drug-likeness (QED) is 0.378. The van der Waals surface area contributed by atoms with Crippen molar-refractivity contribution in [1.29, 1.82) is 0 Å². The molecule has 1 N–H and O–H groups in total. The second-order valence-corrected chi connectivity index (χ2v) is 12.0. The fourth-order valence-corrected chi connectivity index (χ4v) is 6.97. The average Bonchev–Trinajstić information content (AvgIpc) is 3.32. The van der Waals surface area contributed by atoms with Gasteiger partial charge in [-0.15, -0.1) is 10.2 Å². The Morgan fingerprint density at radius 3 is 2.64 bits per heavy atom. The Balaban J connectivity index is 1.63. The van der Waals surface area contributed by atoms with Gasteiger partial charge in [0.1, 0.15) is 11.6 Å². The highest BCUT2D eigenvalue weighted by atomic mass is 32.2. The van der Waals surface area contributed by atoms with Crippen LogP contribution in [0.3, 0.4) is 0 Å². The number of halogens is 3. The lowest BCUT2D eigenvalue weighted by atomic mass is 9.91. The molecule has 2 aromatic heterocycles. The third-order valence-corrected chi connectivity index (χ3v) is 8.78. The van der Waals surface area contributed by atoms with Crippen molar-refractivity contribution in [3.8, 4) is 16.8 Å². The van der Waals surface area contributed by atoms with Gasteiger partial charge in [0, 0.05) is 17.1 Å². The maximum Gasteiger partial charge on any atom is 0.266 e. The molecule has 0 atom stereocenters. The van der Waals surface area contributed by atoms with Crippen LogP contribution in [-0.4, -0.2) is 32.9 Å². The van der Waals surface area contributed by atoms with Gasteiger partial charge in [0.2, 0.25) is 10.0 Å². The Morgan fingerprint density at radius 1 is 1.19 bits per heavy atom. The van der Waals surface area contributed by atoms with Gasteiger partial charge in [-0.3, -0.25) is 4.57 Å². The highest BCUT2D eigenvalue weighted by Gasteiger charge is 2.39. The molecule has 0 unspecified atom stereocenters. The number of rotatable bonds is 5. The molecular weight excluding hydrogens is 491 g/mol. The Hall–Kier alpha value is -3.34. The normalized spacial score (nSPS) is 16.8. The topological polar surface area (TPSA) is 81.8 Å². The first-order valence-corrected chi connectivity index (χ1v) is 13.3. The summed E-state index contributed by atoms with van der Waals surface area (Å²) < 4.78 is 74.0. The van der Waals surface area contributed by atoms with E-state index in [1.807, 2.05) is 13.8 Å². The highest BCUT2D eigenvalue weighted by molar-refractivity contribution is 7.90. The number of aromatic nitrogens is 4. The summed E-state index contributed by atoms with van der Waals surface area (Å²) in [6, 6.07) is 7.46. The largest absolute Gasteiger partial charge is 0.371 e. The molecule has 188 valence electrons. The van der Waals surface area contributed by atoms with Gasteiger partial charge in [-0.25, -0.2) is 25.6 Å². The van der Waals surface area contributed by atoms with E-state index in [4.69, 9.17) is 0 Å². The molecule has 0 bridgehead atoms. The lowest BCUT2D eigenvalue weighted by molar-refractivity contribution is 0.151. The zero-order valence-corrected chi connectivity index (χ0v) is 20.7. The second kappa shape index (κ2) is 7.58. The highest BCUT2D eigenvalue weighted by Crippen LogP contribution is 2.47. The van der Waals surface area contributed by atoms with E-state index in [0.717, 1.165) is 12.8 Å². The van der Waals surface area contributed by atoms with Gasteiger partial charge in [0.15, 0.2) is 5.82 Å². The molecule has 0 radical (unpaired) electrons. The van der Waals surface area contributed by atoms with Gasteiger partial charge in [-0.05, 0) is 63.3 Å². The molecule has 0 spiro atoms. The number of nitrogens with zero attached hydrogens (tertiary/aromatic N) is 4. The van der Waals surface area contributed by atoms with Crippen LogP contribution in [0.5, 0.6) is 0 Å². The van der Waals surface area contributed by atoms with E-state index in [0.29, 0.717) is 22.6 Å². The minimum absolute atomic E-state index is 0.0215. The van der Waals surface area contributed by atoms with E-state index in [1.54, 1.807) is 29.7 Å². The summed E-state index contributed by atoms with van der Waals surface area (Å²) >= 11 is 0. The number of fused-ring (bicyclic) bond motifs is 4. The number of nitrogens with one attached hydrogen (secondary N) is 1. The van der Waals surface area contributed by atoms with Crippen molar-refractivity contribution in [2.24, 2.45) is 5.92 Å². The van der Waals surface area contributed by atoms with Crippen LogP contribution in [0.2, 0.25) is 0 Å². The van der Waals surface area contributed by atoms with Crippen LogP contribution in [0.4, 0.5) is 18.9 Å². The van der Waals surface area contributed by atoms with Crippen LogP contribution in [-0.2, 0) is 15.6 Å². The van der Waals surface area contributed by atoms with Crippen LogP contribution in [0.15, 0.2) is 36.5 Å². The molecule has 4 aromatic rings. The van der Waals surface area contributed by atoms with Crippen molar-refractivity contribution in [2.45, 2.75) is 45.6 Å². The molecule has 3 heterocycles. The molecule has 7 nitrogen and oxygen atoms in total. The van der Waals surface area contributed by atoms with Gasteiger partial charge >= 0.3 is 0 Å². The molecule has 2 aliphatic rings. The fraction of sp³-hybridized carbons (Fsp3) is 0.360. The summed E-state index contributed by atoms with van der Waals surface area (Å²) in [6.07, 6.45) is 0.128. The molecule has 2 aromatic carbocycles. The molecule has 1 aliphatic heterocycles. The van der Waals surface area contributed by atoms with Crippen molar-refractivity contribution < 1.29 is 21.6 Å². The number of aryl methyl sites for hydroxylation is 1. The maximum absolute atomic E-state index is 15.7. The molecule has 0 amide bonds. The first-order chi connectivity index (χ1) is 17.0. The van der Waals surface area contributed by atoms with E-state index >= 15 is 4.39 Å². The zero-order chi connectivity index (χ0) is 25.6. The van der Waals surface area contributed by atoms with E-state index in [9.17, 15) is 17.2 Å². The molecule has 11 heteroatoms. The van der Waals surface area contributed by atoms with E-state index in [1.165, 1.54) is 22.3 Å². The molecule has 1 saturated carbocycles. The van der Waals surface area contributed by atoms with Gasteiger partial charge < -0.3 is 5.32 Å². The summed E-state index contributed by atoms with van der Waals surface area (Å²) in [5.41, 5.74) is -0.717. The number of hydrogen-bond acceptors (Lipinski definition) is 5. The predicted molar refractivity (Wildman–Crippen MR) is 131 cm³/mol. The zero-order valence-electron chi connectivity index (χ0n) is 19.9. The predicted octanol–water partition coefficient (Wildman–Crippen LogP) is 5.52. The number of anilines is 1. The number of benzene rings is 2. The third kappa shape index (κ3) is 3.36. The van der Waals surface area contributed by atoms with Gasteiger partial charge in [0.05, 0.1) is 33.7 Å². The van der Waals surface area contributed by atoms with Crippen molar-refractivity contribution in [1.82, 2.24) is 18.7 Å². The molecule has 36 heavy (non-hydrogen) atoms. The Morgan fingerprint density at radius 2 is 1.94 bits per heavy atom. The van der Waals surface area contributed by atoms with E-state index in [-0.39, 0.29) is 34.2 Å². The number of hydrogen-bond donors (Lipinski definition) is 1. The van der Waals surface area contributed by atoms with Gasteiger partial charge in [-0.1, -0.05) is 12.1 Å². The fourth-order valence-electron chi connectivity index (χ4n) is 5.18. The van der Waals surface area contributed by atoms with Crippen LogP contribution in [0.1, 0.15) is 50.3 Å². The standard InChI is InChI=1S/C25H24F3N5O2S/c1-13-30-31-24-25(2,3)29-18-11-17(26)20(21(23(27)28)22(18)33(13)24)16-5-4-6-19-15(16)9-10-32(19)36(34,35)12-14-7-8-14/h4-6,9-11,14,23,29H,7-8,12H2,1-3H3. The molecule has 6 rings (SSSR count). The lowest BCUT2D eigenvalue weighted by Gasteiger charge is -2.35. The Labute approximate surface area is 206 Å². The van der Waals surface area contributed by atoms with Gasteiger partial charge in [-0.2, -0.15) is 0 Å². The summed E-state index contributed by atoms with van der Waals surface area (Å²) in [7, 11) is -3.64. The summed E-state index contributed by atoms with van der Waals surface area (Å²) in [5, 5.41) is 11.8. The first-order valence-electron chi connectivity index (χ1n) is 11.7. The van der Waals surface area contributed by atoms with Gasteiger partial charge in [0.25, 0.3) is 6.43 Å².